The number of nitrogens with zero attached hydrogens (tertiary/aromatic N) is 4. The van der Waals surface area contributed by atoms with Crippen LogP contribution in [-0.2, 0) is 0 Å². The number of aliphatic imine (C=N–C) groups is 2. The van der Waals surface area contributed by atoms with Crippen LogP contribution in [0, 0.1) is 0 Å². The van der Waals surface area contributed by atoms with Gasteiger partial charge in [0.15, 0.2) is 23.0 Å². The van der Waals surface area contributed by atoms with E-state index in [9.17, 15) is 19.8 Å². The van der Waals surface area contributed by atoms with Gasteiger partial charge in [0.2, 0.25) is 0 Å². The van der Waals surface area contributed by atoms with Gasteiger partial charge in [0, 0.05) is 47.2 Å². The molecule has 2 N–H and O–H groups in total. The van der Waals surface area contributed by atoms with Crippen molar-refractivity contribution in [3.05, 3.63) is 117 Å². The zero-order valence-electron chi connectivity index (χ0n) is 34.0. The Morgan fingerprint density at radius 3 is 1.33 bits per heavy atom. The predicted molar refractivity (Wildman–Crippen MR) is 224 cm³/mol. The van der Waals surface area contributed by atoms with E-state index in [4.69, 9.17) is 28.9 Å². The van der Waals surface area contributed by atoms with Crippen LogP contribution in [0.5, 0.6) is 23.0 Å². The minimum atomic E-state index is -0.930. The minimum absolute atomic E-state index is 0.204. The Kier molecular flexibility index (Phi) is 12.2. The number of fused-ring (bicyclic) bond motifs is 6. The summed E-state index contributed by atoms with van der Waals surface area (Å²) in [5.74, 6) is 1.62. The molecule has 4 atom stereocenters. The molecule has 0 unspecified atom stereocenters. The third-order valence-electron chi connectivity index (χ3n) is 11.5. The number of piperidine rings is 2. The maximum Gasteiger partial charge on any atom is 0.335 e. The van der Waals surface area contributed by atoms with Crippen molar-refractivity contribution in [1.82, 2.24) is 9.80 Å². The van der Waals surface area contributed by atoms with Gasteiger partial charge in [-0.15, -0.1) is 0 Å². The molecular formula is C46H52N4O8. The highest BCUT2D eigenvalue weighted by Gasteiger charge is 2.38. The van der Waals surface area contributed by atoms with Crippen LogP contribution in [-0.4, -0.2) is 123 Å². The van der Waals surface area contributed by atoms with E-state index >= 15 is 0 Å². The Balaban J connectivity index is 0.000000177. The first-order valence-electron chi connectivity index (χ1n) is 19.9. The molecule has 58 heavy (non-hydrogen) atoms. The van der Waals surface area contributed by atoms with E-state index in [-0.39, 0.29) is 23.2 Å². The predicted octanol–water partition coefficient (Wildman–Crippen LogP) is 6.86. The second-order valence-electron chi connectivity index (χ2n) is 15.2. The third-order valence-corrected chi connectivity index (χ3v) is 11.5. The van der Waals surface area contributed by atoms with Crippen LogP contribution in [0.4, 0.5) is 0 Å². The maximum absolute atomic E-state index is 11.2. The number of methoxy groups -OCH3 is 2. The zero-order valence-corrected chi connectivity index (χ0v) is 34.0. The molecule has 0 bridgehead atoms. The molecule has 0 radical (unpaired) electrons. The molecule has 8 rings (SSSR count). The lowest BCUT2D eigenvalue weighted by Crippen LogP contribution is -2.41. The second-order valence-corrected chi connectivity index (χ2v) is 15.2. The number of aromatic carboxylic acids is 2. The summed E-state index contributed by atoms with van der Waals surface area (Å²) in [6.45, 7) is 9.00. The van der Waals surface area contributed by atoms with E-state index in [0.717, 1.165) is 84.2 Å². The quantitative estimate of drug-likeness (QED) is 0.175. The van der Waals surface area contributed by atoms with Crippen molar-refractivity contribution in [2.75, 3.05) is 67.7 Å². The van der Waals surface area contributed by atoms with Gasteiger partial charge >= 0.3 is 11.9 Å². The van der Waals surface area contributed by atoms with Crippen LogP contribution in [0.25, 0.3) is 0 Å². The highest BCUT2D eigenvalue weighted by molar-refractivity contribution is 6.16. The van der Waals surface area contributed by atoms with Gasteiger partial charge in [-0.1, -0.05) is 24.3 Å². The summed E-state index contributed by atoms with van der Waals surface area (Å²) in [6, 6.07) is 22.5. The Hall–Kier alpha value is -5.72. The van der Waals surface area contributed by atoms with Gasteiger partial charge in [0.05, 0.1) is 62.1 Å². The van der Waals surface area contributed by atoms with Crippen molar-refractivity contribution < 1.29 is 38.7 Å². The minimum Gasteiger partial charge on any atom is -0.493 e. The van der Waals surface area contributed by atoms with E-state index in [2.05, 4.69) is 36.0 Å². The summed E-state index contributed by atoms with van der Waals surface area (Å²) in [5, 5.41) is 18.4. The first-order chi connectivity index (χ1) is 28.0. The van der Waals surface area contributed by atoms with Crippen molar-refractivity contribution in [2.45, 2.75) is 50.6 Å². The first kappa shape index (κ1) is 40.5. The standard InChI is InChI=1S/2C23H26N2O4/c2*1-4-29-21-11-16-17(12-20(21)28-3)22(14-5-7-15(8-6-14)23(26)27)24-19-9-10-25(2)13-18(16)19/h2*5-8,11-12,18-19H,4,9-10,13H2,1-3H3,(H,26,27)/t2*18-,19-/m11/s1. The molecule has 12 heteroatoms. The smallest absolute Gasteiger partial charge is 0.335 e. The Morgan fingerprint density at radius 1 is 0.621 bits per heavy atom. The molecule has 4 aromatic carbocycles. The lowest BCUT2D eigenvalue weighted by molar-refractivity contribution is 0.0686. The number of ether oxygens (including phenoxy) is 4. The fraction of sp³-hybridized carbons (Fsp3) is 0.391. The number of benzene rings is 4. The normalized spacial score (nSPS) is 21.0. The van der Waals surface area contributed by atoms with Crippen molar-refractivity contribution in [3.63, 3.8) is 0 Å². The Labute approximate surface area is 339 Å². The lowest BCUT2D eigenvalue weighted by Gasteiger charge is -2.39. The fourth-order valence-corrected chi connectivity index (χ4v) is 8.63. The molecule has 304 valence electrons. The van der Waals surface area contributed by atoms with Gasteiger partial charge in [-0.2, -0.15) is 0 Å². The number of carboxylic acids is 2. The van der Waals surface area contributed by atoms with Crippen molar-refractivity contribution in [3.8, 4) is 23.0 Å². The molecule has 12 nitrogen and oxygen atoms in total. The summed E-state index contributed by atoms with van der Waals surface area (Å²) in [5.41, 5.74) is 8.66. The molecule has 0 saturated carbocycles. The molecule has 0 aliphatic carbocycles. The summed E-state index contributed by atoms with van der Waals surface area (Å²) >= 11 is 0. The molecule has 2 saturated heterocycles. The largest absolute Gasteiger partial charge is 0.493 e. The van der Waals surface area contributed by atoms with Gasteiger partial charge in [-0.25, -0.2) is 9.59 Å². The van der Waals surface area contributed by atoms with Crippen molar-refractivity contribution in [2.24, 2.45) is 9.98 Å². The summed E-state index contributed by atoms with van der Waals surface area (Å²) < 4.78 is 22.9. The lowest BCUT2D eigenvalue weighted by atomic mass is 9.79. The number of likely N-dealkylation sites (N-methyl/N-ethyl adjacent to an activating group) is 2. The molecule has 0 spiro atoms. The highest BCUT2D eigenvalue weighted by Crippen LogP contribution is 2.44. The van der Waals surface area contributed by atoms with Crippen molar-refractivity contribution >= 4 is 23.4 Å². The number of rotatable bonds is 10. The van der Waals surface area contributed by atoms with Gasteiger partial charge in [-0.3, -0.25) is 9.98 Å². The SMILES string of the molecule is CCOc1cc2c(cc1OC)C(c1ccc(C(=O)O)cc1)=N[C@@H]1CCN(C)C[C@H]21.CCOc1cc2c(cc1OC)C(c1ccc(C(=O)O)cc1)=N[C@@H]1CCN(C)C[C@H]21. The van der Waals surface area contributed by atoms with Gasteiger partial charge in [0.25, 0.3) is 0 Å². The van der Waals surface area contributed by atoms with E-state index in [0.29, 0.717) is 36.5 Å². The van der Waals surface area contributed by atoms with Crippen LogP contribution in [0.3, 0.4) is 0 Å². The molecular weight excluding hydrogens is 737 g/mol. The summed E-state index contributed by atoms with van der Waals surface area (Å²) in [4.78, 5) is 37.4. The van der Waals surface area contributed by atoms with Gasteiger partial charge < -0.3 is 39.0 Å². The second kappa shape index (κ2) is 17.4. The Morgan fingerprint density at radius 2 is 1.00 bits per heavy atom. The topological polar surface area (TPSA) is 143 Å². The van der Waals surface area contributed by atoms with Crippen LogP contribution < -0.4 is 18.9 Å². The van der Waals surface area contributed by atoms with Crippen LogP contribution >= 0.6 is 0 Å². The molecule has 4 heterocycles. The molecule has 2 fully saturated rings. The molecule has 4 aliphatic heterocycles. The number of hydrogen-bond acceptors (Lipinski definition) is 10. The van der Waals surface area contributed by atoms with E-state index in [1.807, 2.05) is 50.2 Å². The van der Waals surface area contributed by atoms with E-state index in [1.54, 1.807) is 38.5 Å². The summed E-state index contributed by atoms with van der Waals surface area (Å²) in [6.07, 6.45) is 1.99. The monoisotopic (exact) mass is 788 g/mol. The summed E-state index contributed by atoms with van der Waals surface area (Å²) in [7, 11) is 7.57. The van der Waals surface area contributed by atoms with Crippen LogP contribution in [0.15, 0.2) is 82.8 Å². The molecule has 4 aliphatic rings. The number of likely N-dealkylation sites (tertiary alicyclic amines) is 2. The zero-order chi connectivity index (χ0) is 41.1. The average Bonchev–Trinajstić information content (AvgIpc) is 3.23. The molecule has 4 aromatic rings. The van der Waals surface area contributed by atoms with Crippen LogP contribution in [0.1, 0.15) is 92.6 Å². The first-order valence-corrected chi connectivity index (χ1v) is 19.9. The van der Waals surface area contributed by atoms with Crippen molar-refractivity contribution in [1.29, 1.82) is 0 Å². The van der Waals surface area contributed by atoms with E-state index in [1.165, 1.54) is 11.1 Å². The fourth-order valence-electron chi connectivity index (χ4n) is 8.63. The van der Waals surface area contributed by atoms with Crippen LogP contribution in [0.2, 0.25) is 0 Å². The number of carbonyl (C=O) groups is 2. The Bertz CT molecular complexity index is 2060. The van der Waals surface area contributed by atoms with Gasteiger partial charge in [-0.05, 0) is 114 Å². The maximum atomic E-state index is 11.2. The molecule has 0 amide bonds. The number of hydrogen-bond donors (Lipinski definition) is 2. The molecule has 0 aromatic heterocycles. The number of carboxylic acid groups (broad SMARTS) is 2. The third kappa shape index (κ3) is 8.17. The highest BCUT2D eigenvalue weighted by atomic mass is 16.5. The van der Waals surface area contributed by atoms with Gasteiger partial charge in [0.1, 0.15) is 0 Å². The van der Waals surface area contributed by atoms with E-state index < -0.39 is 11.9 Å². The average molecular weight is 789 g/mol.